The van der Waals surface area contributed by atoms with Crippen LogP contribution in [-0.4, -0.2) is 22.6 Å². The van der Waals surface area contributed by atoms with Crippen molar-refractivity contribution in [2.24, 2.45) is 0 Å². The number of benzene rings is 1. The van der Waals surface area contributed by atoms with Gasteiger partial charge in [0.2, 0.25) is 0 Å². The number of hydrogen-bond acceptors (Lipinski definition) is 3. The molecule has 0 amide bonds. The first-order valence-corrected chi connectivity index (χ1v) is 6.24. The van der Waals surface area contributed by atoms with Gasteiger partial charge in [0.15, 0.2) is 0 Å². The van der Waals surface area contributed by atoms with Gasteiger partial charge >= 0.3 is 11.9 Å². The van der Waals surface area contributed by atoms with E-state index in [1.165, 1.54) is 0 Å². The normalized spacial score (nSPS) is 12.8. The van der Waals surface area contributed by atoms with Gasteiger partial charge in [-0.15, -0.1) is 0 Å². The lowest BCUT2D eigenvalue weighted by molar-refractivity contribution is -0.137. The highest BCUT2D eigenvalue weighted by molar-refractivity contribution is 5.89. The summed E-state index contributed by atoms with van der Waals surface area (Å²) in [5.41, 5.74) is 0.850. The fourth-order valence-electron chi connectivity index (χ4n) is 1.66. The second-order valence-corrected chi connectivity index (χ2v) is 5.62. The van der Waals surface area contributed by atoms with Gasteiger partial charge in [-0.2, -0.15) is 0 Å². The van der Waals surface area contributed by atoms with Crippen molar-refractivity contribution in [2.45, 2.75) is 45.6 Å². The Bertz CT molecular complexity index is 454. The van der Waals surface area contributed by atoms with Gasteiger partial charge in [0, 0.05) is 0 Å². The average Bonchev–Trinajstić information content (AvgIpc) is 2.26. The Labute approximate surface area is 113 Å². The third-order valence-corrected chi connectivity index (χ3v) is 2.60. The molecule has 0 spiro atoms. The summed E-state index contributed by atoms with van der Waals surface area (Å²) in [6, 6.07) is 6.88. The Morgan fingerprint density at radius 3 is 2.16 bits per heavy atom. The molecule has 0 aliphatic carbocycles. The molecule has 0 saturated carbocycles. The Hall–Kier alpha value is -1.84. The first-order valence-electron chi connectivity index (χ1n) is 6.24. The minimum atomic E-state index is -0.830. The van der Waals surface area contributed by atoms with Gasteiger partial charge in [-0.25, -0.2) is 4.79 Å². The van der Waals surface area contributed by atoms with E-state index >= 15 is 0 Å². The molecule has 0 aromatic heterocycles. The lowest BCUT2D eigenvalue weighted by Crippen LogP contribution is -2.23. The molecule has 0 heterocycles. The van der Waals surface area contributed by atoms with E-state index in [0.717, 1.165) is 5.56 Å². The number of carboxylic acids is 1. The molecule has 1 rings (SSSR count). The molecule has 0 aliphatic heterocycles. The molecule has 0 radical (unpaired) electrons. The molecule has 1 N–H and O–H groups in total. The lowest BCUT2D eigenvalue weighted by atomic mass is 9.97. The van der Waals surface area contributed by atoms with E-state index in [0.29, 0.717) is 5.56 Å². The van der Waals surface area contributed by atoms with E-state index in [-0.39, 0.29) is 18.3 Å². The van der Waals surface area contributed by atoms with E-state index in [4.69, 9.17) is 9.84 Å². The molecule has 1 atom stereocenters. The molecule has 19 heavy (non-hydrogen) atoms. The highest BCUT2D eigenvalue weighted by atomic mass is 16.6. The van der Waals surface area contributed by atoms with Gasteiger partial charge in [0.1, 0.15) is 5.60 Å². The quantitative estimate of drug-likeness (QED) is 0.848. The molecule has 1 aromatic rings. The van der Waals surface area contributed by atoms with Crippen LogP contribution in [0, 0.1) is 0 Å². The summed E-state index contributed by atoms with van der Waals surface area (Å²) in [4.78, 5) is 22.4. The summed E-state index contributed by atoms with van der Waals surface area (Å²) in [7, 11) is 0. The van der Waals surface area contributed by atoms with E-state index in [1.54, 1.807) is 24.3 Å². The standard InChI is InChI=1S/C15H20O4/c1-10(9-13(16)17)11-5-7-12(8-6-11)14(18)19-15(2,3)4/h5-8,10H,9H2,1-4H3,(H,16,17). The number of carbonyl (C=O) groups is 2. The van der Waals surface area contributed by atoms with Crippen LogP contribution in [-0.2, 0) is 9.53 Å². The zero-order chi connectivity index (χ0) is 14.6. The van der Waals surface area contributed by atoms with Gasteiger partial charge < -0.3 is 9.84 Å². The molecule has 104 valence electrons. The fraction of sp³-hybridized carbons (Fsp3) is 0.467. The number of hydrogen-bond donors (Lipinski definition) is 1. The molecule has 1 aromatic carbocycles. The van der Waals surface area contributed by atoms with Gasteiger partial charge in [-0.1, -0.05) is 19.1 Å². The zero-order valence-corrected chi connectivity index (χ0v) is 11.8. The third kappa shape index (κ3) is 5.12. The van der Waals surface area contributed by atoms with E-state index in [1.807, 2.05) is 27.7 Å². The minimum absolute atomic E-state index is 0.0752. The van der Waals surface area contributed by atoms with E-state index in [9.17, 15) is 9.59 Å². The van der Waals surface area contributed by atoms with E-state index < -0.39 is 11.6 Å². The predicted molar refractivity (Wildman–Crippen MR) is 72.3 cm³/mol. The summed E-state index contributed by atoms with van der Waals surface area (Å²) in [5.74, 6) is -1.28. The Balaban J connectivity index is 2.76. The number of ether oxygens (including phenoxy) is 1. The molecular weight excluding hydrogens is 244 g/mol. The number of carbonyl (C=O) groups excluding carboxylic acids is 1. The largest absolute Gasteiger partial charge is 0.481 e. The molecule has 0 aliphatic rings. The molecule has 4 nitrogen and oxygen atoms in total. The smallest absolute Gasteiger partial charge is 0.338 e. The zero-order valence-electron chi connectivity index (χ0n) is 11.8. The molecular formula is C15H20O4. The molecule has 4 heteroatoms. The summed E-state index contributed by atoms with van der Waals surface area (Å²) in [6.07, 6.45) is 0.0752. The first kappa shape index (κ1) is 15.2. The maximum atomic E-state index is 11.8. The molecule has 0 fully saturated rings. The van der Waals surface area contributed by atoms with Crippen LogP contribution >= 0.6 is 0 Å². The summed E-state index contributed by atoms with van der Waals surface area (Å²) in [6.45, 7) is 7.28. The van der Waals surface area contributed by atoms with Crippen LogP contribution in [0.1, 0.15) is 56.0 Å². The van der Waals surface area contributed by atoms with Crippen molar-refractivity contribution < 1.29 is 19.4 Å². The van der Waals surface area contributed by atoms with Crippen LogP contribution < -0.4 is 0 Å². The van der Waals surface area contributed by atoms with E-state index in [2.05, 4.69) is 0 Å². The van der Waals surface area contributed by atoms with Crippen molar-refractivity contribution in [3.63, 3.8) is 0 Å². The SMILES string of the molecule is CC(CC(=O)O)c1ccc(C(=O)OC(C)(C)C)cc1. The Kier molecular flexibility index (Phi) is 4.70. The van der Waals surface area contributed by atoms with Crippen molar-refractivity contribution in [2.75, 3.05) is 0 Å². The number of esters is 1. The Morgan fingerprint density at radius 1 is 1.21 bits per heavy atom. The second-order valence-electron chi connectivity index (χ2n) is 5.62. The monoisotopic (exact) mass is 264 g/mol. The first-order chi connectivity index (χ1) is 8.69. The summed E-state index contributed by atoms with van der Waals surface area (Å²) in [5, 5.41) is 8.74. The topological polar surface area (TPSA) is 63.6 Å². The molecule has 0 bridgehead atoms. The van der Waals surface area contributed by atoms with Crippen LogP contribution in [0.5, 0.6) is 0 Å². The second kappa shape index (κ2) is 5.87. The van der Waals surface area contributed by atoms with Gasteiger partial charge in [-0.3, -0.25) is 4.79 Å². The van der Waals surface area contributed by atoms with Crippen LogP contribution in [0.2, 0.25) is 0 Å². The van der Waals surface area contributed by atoms with Gasteiger partial charge in [0.05, 0.1) is 12.0 Å². The van der Waals surface area contributed by atoms with Crippen molar-refractivity contribution in [1.29, 1.82) is 0 Å². The van der Waals surface area contributed by atoms with Crippen molar-refractivity contribution in [1.82, 2.24) is 0 Å². The van der Waals surface area contributed by atoms with Gasteiger partial charge in [-0.05, 0) is 44.4 Å². The maximum Gasteiger partial charge on any atom is 0.338 e. The highest BCUT2D eigenvalue weighted by Crippen LogP contribution is 2.20. The number of rotatable bonds is 4. The van der Waals surface area contributed by atoms with Gasteiger partial charge in [0.25, 0.3) is 0 Å². The maximum absolute atomic E-state index is 11.8. The fourth-order valence-corrected chi connectivity index (χ4v) is 1.66. The van der Waals surface area contributed by atoms with Crippen molar-refractivity contribution in [3.05, 3.63) is 35.4 Å². The predicted octanol–water partition coefficient (Wildman–Crippen LogP) is 3.22. The summed E-state index contributed by atoms with van der Waals surface area (Å²) >= 11 is 0. The summed E-state index contributed by atoms with van der Waals surface area (Å²) < 4.78 is 5.26. The van der Waals surface area contributed by atoms with Crippen molar-refractivity contribution >= 4 is 11.9 Å². The van der Waals surface area contributed by atoms with Crippen LogP contribution in [0.25, 0.3) is 0 Å². The van der Waals surface area contributed by atoms with Crippen LogP contribution in [0.3, 0.4) is 0 Å². The number of carboxylic acid groups (broad SMARTS) is 1. The third-order valence-electron chi connectivity index (χ3n) is 2.60. The Morgan fingerprint density at radius 2 is 1.74 bits per heavy atom. The number of aliphatic carboxylic acids is 1. The lowest BCUT2D eigenvalue weighted by Gasteiger charge is -2.19. The minimum Gasteiger partial charge on any atom is -0.481 e. The average molecular weight is 264 g/mol. The van der Waals surface area contributed by atoms with Crippen molar-refractivity contribution in [3.8, 4) is 0 Å². The van der Waals surface area contributed by atoms with Crippen LogP contribution in [0.4, 0.5) is 0 Å². The van der Waals surface area contributed by atoms with Crippen LogP contribution in [0.15, 0.2) is 24.3 Å². The highest BCUT2D eigenvalue weighted by Gasteiger charge is 2.18. The molecule has 0 saturated heterocycles. The molecule has 1 unspecified atom stereocenters.